The number of aryl methyl sites for hydroxylation is 1. The van der Waals surface area contributed by atoms with Crippen LogP contribution in [0.5, 0.6) is 5.75 Å². The summed E-state index contributed by atoms with van der Waals surface area (Å²) in [5.41, 5.74) is 0.796. The summed E-state index contributed by atoms with van der Waals surface area (Å²) in [4.78, 5) is 0. The molecule has 1 saturated carbocycles. The van der Waals surface area contributed by atoms with Gasteiger partial charge in [0, 0.05) is 10.8 Å². The number of benzene rings is 1. The number of nitriles is 2. The first kappa shape index (κ1) is 15.6. The van der Waals surface area contributed by atoms with Crippen LogP contribution in [-0.2, 0) is 0 Å². The first-order chi connectivity index (χ1) is 10.9. The molecule has 0 radical (unpaired) electrons. The summed E-state index contributed by atoms with van der Waals surface area (Å²) in [6, 6.07) is 7.63. The molecule has 0 N–H and O–H groups in total. The van der Waals surface area contributed by atoms with Gasteiger partial charge in [0.2, 0.25) is 0 Å². The number of hydrogen-bond donors (Lipinski definition) is 0. The van der Waals surface area contributed by atoms with Crippen LogP contribution in [0.1, 0.15) is 49.3 Å². The van der Waals surface area contributed by atoms with E-state index in [9.17, 15) is 14.9 Å². The lowest BCUT2D eigenvalue weighted by atomic mass is 9.58. The Morgan fingerprint density at radius 2 is 1.78 bits per heavy atom. The van der Waals surface area contributed by atoms with Crippen molar-refractivity contribution in [2.75, 3.05) is 6.61 Å². The topological polar surface area (TPSA) is 56.8 Å². The van der Waals surface area contributed by atoms with Crippen molar-refractivity contribution in [3.63, 3.8) is 0 Å². The maximum absolute atomic E-state index is 14.3. The molecule has 0 heterocycles. The summed E-state index contributed by atoms with van der Waals surface area (Å²) in [5.74, 6) is 0.387. The summed E-state index contributed by atoms with van der Waals surface area (Å²) in [5, 5.41) is 18.6. The minimum Gasteiger partial charge on any atom is -0.491 e. The average molecular weight is 310 g/mol. The fourth-order valence-corrected chi connectivity index (χ4v) is 3.60. The molecule has 1 fully saturated rings. The van der Waals surface area contributed by atoms with Crippen molar-refractivity contribution < 1.29 is 9.13 Å². The zero-order valence-corrected chi connectivity index (χ0v) is 13.4. The highest BCUT2D eigenvalue weighted by molar-refractivity contribution is 5.57. The van der Waals surface area contributed by atoms with Crippen molar-refractivity contribution in [2.24, 2.45) is 10.8 Å². The fraction of sp³-hybridized carbons (Fsp3) is 0.474. The average Bonchev–Trinajstić information content (AvgIpc) is 2.55. The van der Waals surface area contributed by atoms with E-state index in [1.54, 1.807) is 25.1 Å². The maximum atomic E-state index is 14.3. The van der Waals surface area contributed by atoms with Crippen LogP contribution in [-0.4, -0.2) is 6.61 Å². The molecule has 1 aromatic rings. The molecule has 3 nitrogen and oxygen atoms in total. The van der Waals surface area contributed by atoms with Crippen LogP contribution >= 0.6 is 0 Å². The van der Waals surface area contributed by atoms with Crippen molar-refractivity contribution in [3.8, 4) is 17.9 Å². The van der Waals surface area contributed by atoms with Gasteiger partial charge in [-0.05, 0) is 50.3 Å². The van der Waals surface area contributed by atoms with Crippen molar-refractivity contribution in [3.05, 3.63) is 40.7 Å². The monoisotopic (exact) mass is 310 g/mol. The summed E-state index contributed by atoms with van der Waals surface area (Å²) < 4.78 is 20.1. The van der Waals surface area contributed by atoms with Gasteiger partial charge >= 0.3 is 0 Å². The van der Waals surface area contributed by atoms with Gasteiger partial charge < -0.3 is 4.74 Å². The van der Waals surface area contributed by atoms with Crippen molar-refractivity contribution in [2.45, 2.75) is 39.5 Å². The molecule has 0 amide bonds. The molecule has 3 aliphatic carbocycles. The number of fused-ring (bicyclic) bond motifs is 2. The van der Waals surface area contributed by atoms with Gasteiger partial charge in [0.1, 0.15) is 29.3 Å². The van der Waals surface area contributed by atoms with Crippen LogP contribution in [0.4, 0.5) is 4.39 Å². The van der Waals surface area contributed by atoms with Gasteiger partial charge in [-0.15, -0.1) is 0 Å². The lowest BCUT2D eigenvalue weighted by molar-refractivity contribution is 0.0565. The molecule has 2 bridgehead atoms. The maximum Gasteiger partial charge on any atom is 0.138 e. The van der Waals surface area contributed by atoms with Gasteiger partial charge in [-0.25, -0.2) is 4.39 Å². The van der Waals surface area contributed by atoms with Crippen LogP contribution in [0.2, 0.25) is 0 Å². The standard InChI is InChI=1S/C19H19FN2O/c1-13-3-4-16(15(11-22)14(13)10-21)23-12-19-7-5-18(2,6-8-19)17(20)9-19/h3-4,9H,5-8,12H2,1-2H3. The second kappa shape index (κ2) is 5.39. The summed E-state index contributed by atoms with van der Waals surface area (Å²) in [7, 11) is 0. The number of nitrogens with zero attached hydrogens (tertiary/aromatic N) is 2. The van der Waals surface area contributed by atoms with E-state index < -0.39 is 0 Å². The minimum atomic E-state index is -0.294. The zero-order chi connectivity index (χ0) is 16.7. The first-order valence-corrected chi connectivity index (χ1v) is 7.88. The van der Waals surface area contributed by atoms with E-state index in [1.807, 2.05) is 6.92 Å². The highest BCUT2D eigenvalue weighted by Crippen LogP contribution is 2.56. The normalized spacial score (nSPS) is 28.7. The van der Waals surface area contributed by atoms with E-state index in [2.05, 4.69) is 12.1 Å². The van der Waals surface area contributed by atoms with Crippen LogP contribution in [0.15, 0.2) is 24.0 Å². The Kier molecular flexibility index (Phi) is 3.65. The SMILES string of the molecule is Cc1ccc(OCC23C=C(F)C(C)(CC2)CC3)c(C#N)c1C#N. The second-order valence-corrected chi connectivity index (χ2v) is 7.06. The Bertz CT molecular complexity index is 759. The van der Waals surface area contributed by atoms with Gasteiger partial charge in [-0.3, -0.25) is 0 Å². The van der Waals surface area contributed by atoms with Gasteiger partial charge in [0.05, 0.1) is 12.2 Å². The van der Waals surface area contributed by atoms with Gasteiger partial charge in [0.15, 0.2) is 0 Å². The first-order valence-electron chi connectivity index (χ1n) is 7.88. The minimum absolute atomic E-state index is 0.0271. The Morgan fingerprint density at radius 1 is 1.13 bits per heavy atom. The highest BCUT2D eigenvalue weighted by atomic mass is 19.1. The van der Waals surface area contributed by atoms with E-state index in [0.717, 1.165) is 31.2 Å². The molecular formula is C19H19FN2O. The van der Waals surface area contributed by atoms with Crippen LogP contribution in [0.25, 0.3) is 0 Å². The third-order valence-electron chi connectivity index (χ3n) is 5.47. The molecule has 0 saturated heterocycles. The third kappa shape index (κ3) is 2.49. The second-order valence-electron chi connectivity index (χ2n) is 7.06. The molecule has 0 aromatic heterocycles. The molecule has 4 rings (SSSR count). The molecular weight excluding hydrogens is 291 g/mol. The molecule has 1 aromatic carbocycles. The van der Waals surface area contributed by atoms with Gasteiger partial charge in [-0.1, -0.05) is 13.0 Å². The lowest BCUT2D eigenvalue weighted by Gasteiger charge is -2.48. The molecule has 118 valence electrons. The molecule has 0 spiro atoms. The molecule has 0 atom stereocenters. The van der Waals surface area contributed by atoms with E-state index >= 15 is 0 Å². The highest BCUT2D eigenvalue weighted by Gasteiger charge is 2.47. The van der Waals surface area contributed by atoms with E-state index in [1.165, 1.54) is 0 Å². The Hall–Kier alpha value is -2.33. The third-order valence-corrected chi connectivity index (χ3v) is 5.47. The van der Waals surface area contributed by atoms with Crippen LogP contribution in [0, 0.1) is 40.4 Å². The largest absolute Gasteiger partial charge is 0.491 e. The van der Waals surface area contributed by atoms with Crippen molar-refractivity contribution in [1.29, 1.82) is 10.5 Å². The van der Waals surface area contributed by atoms with E-state index in [-0.39, 0.29) is 22.2 Å². The number of allylic oxidation sites excluding steroid dienone is 1. The van der Waals surface area contributed by atoms with E-state index in [4.69, 9.17) is 4.74 Å². The molecule has 3 aliphatic rings. The van der Waals surface area contributed by atoms with Gasteiger partial charge in [-0.2, -0.15) is 10.5 Å². The summed E-state index contributed by atoms with van der Waals surface area (Å²) in [6.45, 7) is 4.12. The summed E-state index contributed by atoms with van der Waals surface area (Å²) in [6.07, 6.45) is 5.19. The predicted octanol–water partition coefficient (Wildman–Crippen LogP) is 4.55. The Morgan fingerprint density at radius 3 is 2.35 bits per heavy atom. The number of halogens is 1. The molecule has 23 heavy (non-hydrogen) atoms. The smallest absolute Gasteiger partial charge is 0.138 e. The zero-order valence-electron chi connectivity index (χ0n) is 13.4. The molecule has 4 heteroatoms. The van der Waals surface area contributed by atoms with Crippen LogP contribution < -0.4 is 4.74 Å². The molecule has 0 unspecified atom stereocenters. The Balaban J connectivity index is 1.86. The van der Waals surface area contributed by atoms with Crippen LogP contribution in [0.3, 0.4) is 0 Å². The van der Waals surface area contributed by atoms with Crippen molar-refractivity contribution >= 4 is 0 Å². The van der Waals surface area contributed by atoms with Crippen molar-refractivity contribution in [1.82, 2.24) is 0 Å². The lowest BCUT2D eigenvalue weighted by Crippen LogP contribution is -2.41. The molecule has 0 aliphatic heterocycles. The Labute approximate surface area is 136 Å². The number of hydrogen-bond acceptors (Lipinski definition) is 3. The van der Waals surface area contributed by atoms with E-state index in [0.29, 0.717) is 17.9 Å². The fourth-order valence-electron chi connectivity index (χ4n) is 3.60. The quantitative estimate of drug-likeness (QED) is 0.823. The van der Waals surface area contributed by atoms with Gasteiger partial charge in [0.25, 0.3) is 0 Å². The number of rotatable bonds is 3. The number of ether oxygens (including phenoxy) is 1. The summed E-state index contributed by atoms with van der Waals surface area (Å²) >= 11 is 0. The predicted molar refractivity (Wildman–Crippen MR) is 84.3 cm³/mol.